The molecule has 1 aliphatic rings. The van der Waals surface area contributed by atoms with Crippen molar-refractivity contribution in [3.8, 4) is 5.75 Å². The number of thioether (sulfide) groups is 1. The second-order valence-corrected chi connectivity index (χ2v) is 10.4. The van der Waals surface area contributed by atoms with Gasteiger partial charge in [0.15, 0.2) is 0 Å². The van der Waals surface area contributed by atoms with Crippen molar-refractivity contribution in [1.82, 2.24) is 4.90 Å². The van der Waals surface area contributed by atoms with Crippen molar-refractivity contribution < 1.29 is 14.6 Å². The van der Waals surface area contributed by atoms with Gasteiger partial charge in [-0.05, 0) is 62.1 Å². The molecule has 0 aliphatic carbocycles. The average molecular weight is 481 g/mol. The number of nitrogens with zero attached hydrogens (tertiary/aromatic N) is 2. The van der Waals surface area contributed by atoms with Crippen LogP contribution in [0.2, 0.25) is 0 Å². The van der Waals surface area contributed by atoms with Gasteiger partial charge in [0.1, 0.15) is 11.9 Å². The number of fused-ring (bicyclic) bond motifs is 1. The first kappa shape index (κ1) is 23.7. The number of carbonyl (C=O) groups excluding carboxylic acids is 1. The molecule has 0 spiro atoms. The minimum Gasteiger partial charge on any atom is -0.497 e. The number of anilines is 1. The Morgan fingerprint density at radius 1 is 1.03 bits per heavy atom. The molecule has 3 aromatic carbocycles. The topological polar surface area (TPSA) is 53.0 Å². The number of likely N-dealkylation sites (N-methyl/N-ethyl adjacent to an activating group) is 1. The predicted molar refractivity (Wildman–Crippen MR) is 136 cm³/mol. The van der Waals surface area contributed by atoms with Gasteiger partial charge in [0, 0.05) is 27.8 Å². The SMILES string of the molecule is COc1ccc([C@H]2Sc3cc(Sc4ccccc4)ccc3N(CCN(C)C)C(=O)[C@H]2O)cc1. The van der Waals surface area contributed by atoms with E-state index in [0.29, 0.717) is 13.1 Å². The van der Waals surface area contributed by atoms with Crippen LogP contribution < -0.4 is 9.64 Å². The molecule has 172 valence electrons. The van der Waals surface area contributed by atoms with Crippen LogP contribution in [0.3, 0.4) is 0 Å². The number of amides is 1. The average Bonchev–Trinajstić information content (AvgIpc) is 2.93. The summed E-state index contributed by atoms with van der Waals surface area (Å²) >= 11 is 3.22. The second kappa shape index (κ2) is 10.7. The Labute approximate surface area is 203 Å². The van der Waals surface area contributed by atoms with E-state index in [2.05, 4.69) is 18.2 Å². The van der Waals surface area contributed by atoms with Crippen molar-refractivity contribution in [2.45, 2.75) is 26.0 Å². The molecule has 4 rings (SSSR count). The van der Waals surface area contributed by atoms with Crippen LogP contribution >= 0.6 is 23.5 Å². The zero-order chi connectivity index (χ0) is 23.4. The van der Waals surface area contributed by atoms with Crippen molar-refractivity contribution >= 4 is 35.1 Å². The van der Waals surface area contributed by atoms with Crippen LogP contribution in [0.15, 0.2) is 87.5 Å². The van der Waals surface area contributed by atoms with Crippen molar-refractivity contribution in [2.75, 3.05) is 39.2 Å². The largest absolute Gasteiger partial charge is 0.497 e. The normalized spacial score (nSPS) is 18.2. The molecule has 2 atom stereocenters. The maximum Gasteiger partial charge on any atom is 0.257 e. The molecule has 0 aromatic heterocycles. The van der Waals surface area contributed by atoms with Crippen molar-refractivity contribution in [1.29, 1.82) is 0 Å². The summed E-state index contributed by atoms with van der Waals surface area (Å²) in [6, 6.07) is 24.0. The van der Waals surface area contributed by atoms with Gasteiger partial charge < -0.3 is 19.6 Å². The van der Waals surface area contributed by atoms with Gasteiger partial charge >= 0.3 is 0 Å². The number of methoxy groups -OCH3 is 1. The van der Waals surface area contributed by atoms with E-state index >= 15 is 0 Å². The van der Waals surface area contributed by atoms with E-state index in [0.717, 1.165) is 31.7 Å². The number of ether oxygens (including phenoxy) is 1. The summed E-state index contributed by atoms with van der Waals surface area (Å²) in [7, 11) is 5.58. The van der Waals surface area contributed by atoms with Gasteiger partial charge in [-0.15, -0.1) is 11.8 Å². The fourth-order valence-corrected chi connectivity index (χ4v) is 5.94. The third-order valence-electron chi connectivity index (χ3n) is 5.48. The highest BCUT2D eigenvalue weighted by Gasteiger charge is 2.37. The van der Waals surface area contributed by atoms with Crippen LogP contribution in [-0.2, 0) is 4.79 Å². The van der Waals surface area contributed by atoms with Crippen LogP contribution in [0.25, 0.3) is 0 Å². The number of carbonyl (C=O) groups is 1. The lowest BCUT2D eigenvalue weighted by Crippen LogP contribution is -2.43. The van der Waals surface area contributed by atoms with Gasteiger partial charge in [0.2, 0.25) is 0 Å². The highest BCUT2D eigenvalue weighted by molar-refractivity contribution is 8.00. The highest BCUT2D eigenvalue weighted by Crippen LogP contribution is 2.47. The summed E-state index contributed by atoms with van der Waals surface area (Å²) in [5.41, 5.74) is 1.74. The standard InChI is InChI=1S/C26H28N2O3S2/c1-27(2)15-16-28-22-14-13-21(32-20-7-5-4-6-8-20)17-23(22)33-25(24(29)26(28)30)18-9-11-19(31-3)12-10-18/h4-14,17,24-25,29H,15-16H2,1-3H3/t24-,25+/m0/s1. The molecule has 0 saturated carbocycles. The maximum atomic E-state index is 13.4. The summed E-state index contributed by atoms with van der Waals surface area (Å²) in [5, 5.41) is 10.7. The van der Waals surface area contributed by atoms with Gasteiger partial charge in [-0.1, -0.05) is 42.1 Å². The van der Waals surface area contributed by atoms with E-state index in [1.54, 1.807) is 23.8 Å². The van der Waals surface area contributed by atoms with Crippen LogP contribution in [0.4, 0.5) is 5.69 Å². The Kier molecular flexibility index (Phi) is 7.65. The summed E-state index contributed by atoms with van der Waals surface area (Å²) < 4.78 is 5.28. The second-order valence-electron chi connectivity index (χ2n) is 8.09. The summed E-state index contributed by atoms with van der Waals surface area (Å²) in [5.74, 6) is 0.472. The Morgan fingerprint density at radius 2 is 1.76 bits per heavy atom. The van der Waals surface area contributed by atoms with E-state index in [1.807, 2.05) is 73.6 Å². The van der Waals surface area contributed by atoms with E-state index in [4.69, 9.17) is 4.74 Å². The number of hydrogen-bond acceptors (Lipinski definition) is 6. The molecule has 7 heteroatoms. The molecule has 1 aliphatic heterocycles. The molecular formula is C26H28N2O3S2. The quantitative estimate of drug-likeness (QED) is 0.517. The molecule has 5 nitrogen and oxygen atoms in total. The minimum atomic E-state index is -1.15. The van der Waals surface area contributed by atoms with Crippen LogP contribution in [0.1, 0.15) is 10.8 Å². The van der Waals surface area contributed by atoms with Crippen molar-refractivity contribution in [2.24, 2.45) is 0 Å². The van der Waals surface area contributed by atoms with E-state index < -0.39 is 11.4 Å². The van der Waals surface area contributed by atoms with Gasteiger partial charge in [-0.3, -0.25) is 4.79 Å². The molecule has 1 heterocycles. The molecule has 0 radical (unpaired) electrons. The minimum absolute atomic E-state index is 0.271. The number of hydrogen-bond donors (Lipinski definition) is 1. The third kappa shape index (κ3) is 5.55. The highest BCUT2D eigenvalue weighted by atomic mass is 32.2. The number of benzene rings is 3. The van der Waals surface area contributed by atoms with Gasteiger partial charge in [-0.25, -0.2) is 0 Å². The summed E-state index contributed by atoms with van der Waals surface area (Å²) in [6.07, 6.45) is -1.15. The van der Waals surface area contributed by atoms with Crippen molar-refractivity contribution in [3.05, 3.63) is 78.4 Å². The summed E-state index contributed by atoms with van der Waals surface area (Å²) in [4.78, 5) is 20.4. The Hall–Kier alpha value is -2.45. The smallest absolute Gasteiger partial charge is 0.257 e. The van der Waals surface area contributed by atoms with E-state index in [9.17, 15) is 9.90 Å². The summed E-state index contributed by atoms with van der Waals surface area (Å²) in [6.45, 7) is 1.22. The molecule has 1 N–H and O–H groups in total. The number of aliphatic hydroxyl groups is 1. The lowest BCUT2D eigenvalue weighted by atomic mass is 10.1. The molecular weight excluding hydrogens is 452 g/mol. The zero-order valence-corrected chi connectivity index (χ0v) is 20.6. The molecule has 33 heavy (non-hydrogen) atoms. The molecule has 0 unspecified atom stereocenters. The first-order valence-electron chi connectivity index (χ1n) is 10.8. The monoisotopic (exact) mass is 480 g/mol. The van der Waals surface area contributed by atoms with E-state index in [-0.39, 0.29) is 5.91 Å². The van der Waals surface area contributed by atoms with Crippen LogP contribution in [0, 0.1) is 0 Å². The van der Waals surface area contributed by atoms with Crippen molar-refractivity contribution in [3.63, 3.8) is 0 Å². The molecule has 1 amide bonds. The zero-order valence-electron chi connectivity index (χ0n) is 19.0. The van der Waals surface area contributed by atoms with E-state index in [1.165, 1.54) is 11.8 Å². The third-order valence-corrected chi connectivity index (χ3v) is 7.84. The van der Waals surface area contributed by atoms with Gasteiger partial charge in [0.25, 0.3) is 5.91 Å². The Balaban J connectivity index is 1.72. The Bertz CT molecular complexity index is 1090. The van der Waals surface area contributed by atoms with Crippen LogP contribution in [0.5, 0.6) is 5.75 Å². The number of aliphatic hydroxyl groups excluding tert-OH is 1. The van der Waals surface area contributed by atoms with Crippen LogP contribution in [-0.4, -0.2) is 56.3 Å². The maximum absolute atomic E-state index is 13.4. The molecule has 0 saturated heterocycles. The predicted octanol–water partition coefficient (Wildman–Crippen LogP) is 4.95. The lowest BCUT2D eigenvalue weighted by Gasteiger charge is -2.26. The molecule has 3 aromatic rings. The Morgan fingerprint density at radius 3 is 2.42 bits per heavy atom. The number of rotatable bonds is 7. The lowest BCUT2D eigenvalue weighted by molar-refractivity contribution is -0.126. The first-order valence-corrected chi connectivity index (χ1v) is 12.5. The van der Waals surface area contributed by atoms with Gasteiger partial charge in [0.05, 0.1) is 18.0 Å². The first-order chi connectivity index (χ1) is 16.0. The van der Waals surface area contributed by atoms with Gasteiger partial charge in [-0.2, -0.15) is 0 Å². The fourth-order valence-electron chi connectivity index (χ4n) is 3.68. The fraction of sp³-hybridized carbons (Fsp3) is 0.269. The molecule has 0 fully saturated rings. The molecule has 0 bridgehead atoms.